The summed E-state index contributed by atoms with van der Waals surface area (Å²) in [6, 6.07) is 16.1. The molecule has 2 aliphatic rings. The monoisotopic (exact) mass is 554 g/mol. The zero-order valence-electron chi connectivity index (χ0n) is 23.1. The van der Waals surface area contributed by atoms with Crippen LogP contribution in [0.3, 0.4) is 0 Å². The van der Waals surface area contributed by atoms with Crippen molar-refractivity contribution in [1.29, 1.82) is 0 Å². The fourth-order valence-electron chi connectivity index (χ4n) is 5.32. The molecule has 2 aliphatic heterocycles. The standard InChI is InChI=1S/C32H30N2O5S/c1-17-14-18(2)26-24(15-17)40-31(33-26)34-27(19-6-9-21(10-7-19)32(3,4)5)25(29(36)30(34)37)28(35)20-8-11-22-23(16-20)39-13-12-38-22/h6-11,14-16,27,35H,12-13H2,1-5H3/b28-25-. The zero-order valence-corrected chi connectivity index (χ0v) is 23.9. The number of aryl methyl sites for hydroxylation is 2. The molecular formula is C32H30N2O5S. The van der Waals surface area contributed by atoms with Crippen molar-refractivity contribution in [2.75, 3.05) is 18.1 Å². The summed E-state index contributed by atoms with van der Waals surface area (Å²) in [5.74, 6) is -0.705. The lowest BCUT2D eigenvalue weighted by Crippen LogP contribution is -2.29. The number of carbonyl (C=O) groups excluding carboxylic acids is 2. The summed E-state index contributed by atoms with van der Waals surface area (Å²) in [7, 11) is 0. The molecule has 6 rings (SSSR count). The van der Waals surface area contributed by atoms with Gasteiger partial charge in [-0.1, -0.05) is 62.4 Å². The maximum atomic E-state index is 13.7. The van der Waals surface area contributed by atoms with E-state index in [1.807, 2.05) is 50.2 Å². The Labute approximate surface area is 236 Å². The largest absolute Gasteiger partial charge is 0.507 e. The van der Waals surface area contributed by atoms with Crippen molar-refractivity contribution in [1.82, 2.24) is 4.98 Å². The molecule has 1 amide bonds. The molecule has 1 atom stereocenters. The number of ketones is 1. The van der Waals surface area contributed by atoms with Gasteiger partial charge in [0.1, 0.15) is 19.0 Å². The van der Waals surface area contributed by atoms with Gasteiger partial charge in [0, 0.05) is 5.56 Å². The van der Waals surface area contributed by atoms with Crippen LogP contribution in [-0.4, -0.2) is 35.0 Å². The summed E-state index contributed by atoms with van der Waals surface area (Å²) >= 11 is 1.36. The summed E-state index contributed by atoms with van der Waals surface area (Å²) in [5, 5.41) is 12.0. The highest BCUT2D eigenvalue weighted by molar-refractivity contribution is 7.22. The summed E-state index contributed by atoms with van der Waals surface area (Å²) in [4.78, 5) is 33.6. The molecule has 0 radical (unpaired) electrons. The van der Waals surface area contributed by atoms with Crippen LogP contribution in [-0.2, 0) is 15.0 Å². The number of Topliss-reactive ketones (excluding diaryl/α,β-unsaturated/α-hetero) is 1. The van der Waals surface area contributed by atoms with E-state index in [0.717, 1.165) is 26.9 Å². The highest BCUT2D eigenvalue weighted by Gasteiger charge is 2.48. The molecule has 1 fully saturated rings. The van der Waals surface area contributed by atoms with E-state index < -0.39 is 17.7 Å². The minimum atomic E-state index is -0.857. The molecular weight excluding hydrogens is 524 g/mol. The molecule has 204 valence electrons. The van der Waals surface area contributed by atoms with Gasteiger partial charge in [0.15, 0.2) is 16.6 Å². The molecule has 3 aromatic carbocycles. The van der Waals surface area contributed by atoms with Gasteiger partial charge in [-0.2, -0.15) is 0 Å². The van der Waals surface area contributed by atoms with Crippen LogP contribution in [0.4, 0.5) is 5.13 Å². The van der Waals surface area contributed by atoms with Crippen molar-refractivity contribution < 1.29 is 24.2 Å². The Morgan fingerprint density at radius 1 is 0.975 bits per heavy atom. The van der Waals surface area contributed by atoms with Gasteiger partial charge in [-0.05, 0) is 65.8 Å². The summed E-state index contributed by atoms with van der Waals surface area (Å²) in [6.45, 7) is 11.2. The molecule has 7 nitrogen and oxygen atoms in total. The molecule has 0 bridgehead atoms. The van der Waals surface area contributed by atoms with Gasteiger partial charge in [-0.25, -0.2) is 4.98 Å². The predicted molar refractivity (Wildman–Crippen MR) is 156 cm³/mol. The molecule has 8 heteroatoms. The predicted octanol–water partition coefficient (Wildman–Crippen LogP) is 6.61. The summed E-state index contributed by atoms with van der Waals surface area (Å²) < 4.78 is 12.2. The number of nitrogens with zero attached hydrogens (tertiary/aromatic N) is 2. The number of hydrogen-bond donors (Lipinski definition) is 1. The van der Waals surface area contributed by atoms with Gasteiger partial charge in [0.25, 0.3) is 5.78 Å². The van der Waals surface area contributed by atoms with Crippen molar-refractivity contribution in [3.63, 3.8) is 0 Å². The number of aliphatic hydroxyl groups is 1. The van der Waals surface area contributed by atoms with E-state index in [-0.39, 0.29) is 16.7 Å². The van der Waals surface area contributed by atoms with Crippen LogP contribution in [0.5, 0.6) is 11.5 Å². The Balaban J connectivity index is 1.54. The lowest BCUT2D eigenvalue weighted by Gasteiger charge is -2.25. The van der Waals surface area contributed by atoms with Crippen LogP contribution in [0.25, 0.3) is 16.0 Å². The second kappa shape index (κ2) is 9.48. The Hall–Kier alpha value is -4.17. The highest BCUT2D eigenvalue weighted by atomic mass is 32.1. The average Bonchev–Trinajstić information content (AvgIpc) is 3.46. The van der Waals surface area contributed by atoms with E-state index in [9.17, 15) is 14.7 Å². The van der Waals surface area contributed by atoms with Crippen LogP contribution in [0.15, 0.2) is 60.2 Å². The maximum absolute atomic E-state index is 13.7. The molecule has 1 aromatic heterocycles. The first-order valence-corrected chi connectivity index (χ1v) is 14.0. The molecule has 4 aromatic rings. The van der Waals surface area contributed by atoms with Crippen molar-refractivity contribution in [2.45, 2.75) is 46.1 Å². The first kappa shape index (κ1) is 26.1. The van der Waals surface area contributed by atoms with Crippen LogP contribution in [0.1, 0.15) is 54.6 Å². The number of anilines is 1. The van der Waals surface area contributed by atoms with E-state index in [2.05, 4.69) is 20.8 Å². The van der Waals surface area contributed by atoms with Crippen LogP contribution in [0, 0.1) is 13.8 Å². The van der Waals surface area contributed by atoms with E-state index >= 15 is 0 Å². The van der Waals surface area contributed by atoms with Gasteiger partial charge >= 0.3 is 5.91 Å². The van der Waals surface area contributed by atoms with Gasteiger partial charge in [0.2, 0.25) is 0 Å². The molecule has 1 unspecified atom stereocenters. The summed E-state index contributed by atoms with van der Waals surface area (Å²) in [6.07, 6.45) is 0. The quantitative estimate of drug-likeness (QED) is 0.174. The normalized spacial score (nSPS) is 18.5. The third-order valence-electron chi connectivity index (χ3n) is 7.38. The number of ether oxygens (including phenoxy) is 2. The number of aromatic nitrogens is 1. The lowest BCUT2D eigenvalue weighted by atomic mass is 9.85. The van der Waals surface area contributed by atoms with E-state index in [0.29, 0.717) is 41.0 Å². The van der Waals surface area contributed by atoms with Gasteiger partial charge in [-0.15, -0.1) is 0 Å². The Morgan fingerprint density at radius 2 is 1.68 bits per heavy atom. The van der Waals surface area contributed by atoms with Crippen molar-refractivity contribution >= 4 is 44.1 Å². The fourth-order valence-corrected chi connectivity index (χ4v) is 6.49. The highest BCUT2D eigenvalue weighted by Crippen LogP contribution is 2.45. The van der Waals surface area contributed by atoms with Gasteiger partial charge < -0.3 is 14.6 Å². The fraction of sp³-hybridized carbons (Fsp3) is 0.281. The number of carbonyl (C=O) groups is 2. The third kappa shape index (κ3) is 4.32. The molecule has 40 heavy (non-hydrogen) atoms. The van der Waals surface area contributed by atoms with E-state index in [1.165, 1.54) is 16.2 Å². The Bertz CT molecular complexity index is 1710. The van der Waals surface area contributed by atoms with Crippen LogP contribution in [0.2, 0.25) is 0 Å². The zero-order chi connectivity index (χ0) is 28.3. The number of aliphatic hydroxyl groups excluding tert-OH is 1. The molecule has 0 aliphatic carbocycles. The number of fused-ring (bicyclic) bond motifs is 2. The van der Waals surface area contributed by atoms with Crippen LogP contribution >= 0.6 is 11.3 Å². The number of rotatable bonds is 3. The average molecular weight is 555 g/mol. The lowest BCUT2D eigenvalue weighted by molar-refractivity contribution is -0.132. The number of hydrogen-bond acceptors (Lipinski definition) is 7. The number of benzene rings is 3. The molecule has 1 saturated heterocycles. The molecule has 3 heterocycles. The van der Waals surface area contributed by atoms with Crippen molar-refractivity contribution in [3.8, 4) is 11.5 Å². The Morgan fingerprint density at radius 3 is 2.38 bits per heavy atom. The molecule has 1 N–H and O–H groups in total. The molecule has 0 saturated carbocycles. The van der Waals surface area contributed by atoms with Gasteiger partial charge in [-0.3, -0.25) is 14.5 Å². The van der Waals surface area contributed by atoms with Crippen molar-refractivity contribution in [2.24, 2.45) is 0 Å². The SMILES string of the molecule is Cc1cc(C)c2nc(N3C(=O)C(=O)/C(=C(\O)c4ccc5c(c4)OCCO5)C3c3ccc(C(C)(C)C)cc3)sc2c1. The number of amides is 1. The van der Waals surface area contributed by atoms with Crippen LogP contribution < -0.4 is 14.4 Å². The second-order valence-electron chi connectivity index (χ2n) is 11.3. The minimum absolute atomic E-state index is 0.0114. The van der Waals surface area contributed by atoms with Crippen molar-refractivity contribution in [3.05, 3.63) is 88.0 Å². The number of thiazole rings is 1. The minimum Gasteiger partial charge on any atom is -0.507 e. The van der Waals surface area contributed by atoms with E-state index in [1.54, 1.807) is 18.2 Å². The first-order valence-electron chi connectivity index (χ1n) is 13.2. The Kier molecular flexibility index (Phi) is 6.18. The third-order valence-corrected chi connectivity index (χ3v) is 8.38. The second-order valence-corrected chi connectivity index (χ2v) is 12.3. The summed E-state index contributed by atoms with van der Waals surface area (Å²) in [5.41, 5.74) is 5.01. The van der Waals surface area contributed by atoms with Gasteiger partial charge in [0.05, 0.1) is 21.8 Å². The smallest absolute Gasteiger partial charge is 0.301 e. The maximum Gasteiger partial charge on any atom is 0.301 e. The topological polar surface area (TPSA) is 89.0 Å². The van der Waals surface area contributed by atoms with E-state index in [4.69, 9.17) is 14.5 Å². The molecule has 0 spiro atoms. The first-order chi connectivity index (χ1) is 19.0.